The number of para-hydroxylation sites is 1. The Hall–Kier alpha value is -1.04. The van der Waals surface area contributed by atoms with Crippen molar-refractivity contribution in [1.29, 1.82) is 0 Å². The van der Waals surface area contributed by atoms with Crippen LogP contribution in [0.25, 0.3) is 0 Å². The van der Waals surface area contributed by atoms with Crippen molar-refractivity contribution in [2.75, 3.05) is 11.1 Å². The average Bonchev–Trinajstić information content (AvgIpc) is 2.27. The highest BCUT2D eigenvalue weighted by Crippen LogP contribution is 2.25. The third-order valence-electron chi connectivity index (χ3n) is 2.14. The molecule has 3 N–H and O–H groups in total. The van der Waals surface area contributed by atoms with Crippen LogP contribution in [0.5, 0.6) is 0 Å². The molecule has 2 atom stereocenters. The number of benzene rings is 1. The summed E-state index contributed by atoms with van der Waals surface area (Å²) in [6.07, 6.45) is -2.02. The van der Waals surface area contributed by atoms with Gasteiger partial charge < -0.3 is 15.5 Å². The minimum atomic E-state index is -1.06. The van der Waals surface area contributed by atoms with Crippen molar-refractivity contribution < 1.29 is 15.0 Å². The molecule has 4 nitrogen and oxygen atoms in total. The fraction of sp³-hybridized carbons (Fsp3) is 0.364. The van der Waals surface area contributed by atoms with E-state index >= 15 is 0 Å². The van der Waals surface area contributed by atoms with Gasteiger partial charge >= 0.3 is 0 Å². The van der Waals surface area contributed by atoms with E-state index in [0.717, 1.165) is 0 Å². The lowest BCUT2D eigenvalue weighted by molar-refractivity contribution is -0.114. The predicted octanol–water partition coefficient (Wildman–Crippen LogP) is 0.969. The van der Waals surface area contributed by atoms with Gasteiger partial charge in [0.2, 0.25) is 5.91 Å². The summed E-state index contributed by atoms with van der Waals surface area (Å²) in [4.78, 5) is 11.0. The number of aliphatic hydroxyl groups excluding tert-OH is 2. The maximum Gasteiger partial charge on any atom is 0.221 e. The summed E-state index contributed by atoms with van der Waals surface area (Å²) >= 11 is 3.91. The molecule has 2 unspecified atom stereocenters. The summed E-state index contributed by atoms with van der Waals surface area (Å²) in [7, 11) is 0. The van der Waals surface area contributed by atoms with E-state index in [9.17, 15) is 15.0 Å². The van der Waals surface area contributed by atoms with Crippen LogP contribution in [0.2, 0.25) is 0 Å². The van der Waals surface area contributed by atoms with Crippen molar-refractivity contribution in [2.45, 2.75) is 19.1 Å². The highest BCUT2D eigenvalue weighted by molar-refractivity contribution is 7.80. The zero-order valence-corrected chi connectivity index (χ0v) is 9.82. The van der Waals surface area contributed by atoms with Crippen LogP contribution in [0.15, 0.2) is 24.3 Å². The van der Waals surface area contributed by atoms with Crippen molar-refractivity contribution in [2.24, 2.45) is 0 Å². The molecule has 0 aromatic heterocycles. The minimum absolute atomic E-state index is 0.148. The number of hydrogen-bond acceptors (Lipinski definition) is 4. The lowest BCUT2D eigenvalue weighted by Gasteiger charge is -2.19. The zero-order valence-electron chi connectivity index (χ0n) is 8.92. The van der Waals surface area contributed by atoms with Gasteiger partial charge in [-0.3, -0.25) is 4.79 Å². The first kappa shape index (κ1) is 13.0. The lowest BCUT2D eigenvalue weighted by atomic mass is 10.0. The van der Waals surface area contributed by atoms with Crippen molar-refractivity contribution in [3.8, 4) is 0 Å². The number of amides is 1. The molecule has 0 fully saturated rings. The topological polar surface area (TPSA) is 69.6 Å². The Morgan fingerprint density at radius 3 is 2.62 bits per heavy atom. The SMILES string of the molecule is CC(=O)Nc1ccccc1C(O)C(O)CS. The van der Waals surface area contributed by atoms with Crippen molar-refractivity contribution in [1.82, 2.24) is 0 Å². The van der Waals surface area contributed by atoms with Gasteiger partial charge in [-0.1, -0.05) is 18.2 Å². The standard InChI is InChI=1S/C11H15NO3S/c1-7(13)12-9-5-3-2-4-8(9)11(15)10(14)6-16/h2-5,10-11,14-16H,6H2,1H3,(H,12,13). The van der Waals surface area contributed by atoms with Crippen LogP contribution >= 0.6 is 12.6 Å². The van der Waals surface area contributed by atoms with Crippen LogP contribution < -0.4 is 5.32 Å². The zero-order chi connectivity index (χ0) is 12.1. The van der Waals surface area contributed by atoms with E-state index in [4.69, 9.17) is 0 Å². The van der Waals surface area contributed by atoms with Gasteiger partial charge in [-0.2, -0.15) is 12.6 Å². The first-order valence-electron chi connectivity index (χ1n) is 4.89. The number of carbonyl (C=O) groups excluding carboxylic acids is 1. The molecule has 0 heterocycles. The number of thiol groups is 1. The van der Waals surface area contributed by atoms with Gasteiger partial charge in [0, 0.05) is 23.9 Å². The van der Waals surface area contributed by atoms with Gasteiger partial charge in [0.15, 0.2) is 0 Å². The average molecular weight is 241 g/mol. The molecule has 88 valence electrons. The molecule has 16 heavy (non-hydrogen) atoms. The molecule has 1 amide bonds. The van der Waals surface area contributed by atoms with E-state index in [0.29, 0.717) is 11.3 Å². The Balaban J connectivity index is 2.98. The number of rotatable bonds is 4. The van der Waals surface area contributed by atoms with Crippen molar-refractivity contribution in [3.05, 3.63) is 29.8 Å². The Kier molecular flexibility index (Phi) is 4.79. The number of hydrogen-bond donors (Lipinski definition) is 4. The Morgan fingerprint density at radius 2 is 2.06 bits per heavy atom. The summed E-state index contributed by atoms with van der Waals surface area (Å²) in [5.41, 5.74) is 0.989. The van der Waals surface area contributed by atoms with Gasteiger partial charge in [0.05, 0.1) is 6.10 Å². The van der Waals surface area contributed by atoms with Crippen LogP contribution in [0.1, 0.15) is 18.6 Å². The number of anilines is 1. The third-order valence-corrected chi connectivity index (χ3v) is 2.52. The van der Waals surface area contributed by atoms with E-state index in [-0.39, 0.29) is 11.7 Å². The highest BCUT2D eigenvalue weighted by Gasteiger charge is 2.19. The molecule has 1 aromatic rings. The Labute approximate surface area is 99.7 Å². The largest absolute Gasteiger partial charge is 0.389 e. The molecule has 0 radical (unpaired) electrons. The van der Waals surface area contributed by atoms with Crippen LogP contribution in [0.3, 0.4) is 0 Å². The summed E-state index contributed by atoms with van der Waals surface area (Å²) < 4.78 is 0. The summed E-state index contributed by atoms with van der Waals surface area (Å²) in [5, 5.41) is 21.9. The summed E-state index contributed by atoms with van der Waals surface area (Å²) in [6, 6.07) is 6.80. The second-order valence-corrected chi connectivity index (χ2v) is 3.83. The quantitative estimate of drug-likeness (QED) is 0.594. The Bertz CT molecular complexity index is 370. The van der Waals surface area contributed by atoms with Gasteiger partial charge in [0.25, 0.3) is 0 Å². The number of nitrogens with one attached hydrogen (secondary N) is 1. The monoisotopic (exact) mass is 241 g/mol. The second-order valence-electron chi connectivity index (χ2n) is 3.46. The van der Waals surface area contributed by atoms with Gasteiger partial charge in [0.1, 0.15) is 6.10 Å². The maximum absolute atomic E-state index is 11.0. The number of aliphatic hydroxyl groups is 2. The van der Waals surface area contributed by atoms with Gasteiger partial charge in [-0.15, -0.1) is 0 Å². The highest BCUT2D eigenvalue weighted by atomic mass is 32.1. The van der Waals surface area contributed by atoms with Gasteiger partial charge in [-0.05, 0) is 6.07 Å². The van der Waals surface area contributed by atoms with Crippen LogP contribution in [-0.2, 0) is 4.79 Å². The normalized spacial score (nSPS) is 14.2. The molecule has 1 aromatic carbocycles. The van der Waals surface area contributed by atoms with Crippen molar-refractivity contribution >= 4 is 24.2 Å². The van der Waals surface area contributed by atoms with E-state index < -0.39 is 12.2 Å². The molecule has 0 aliphatic rings. The molecule has 0 saturated carbocycles. The van der Waals surface area contributed by atoms with E-state index in [2.05, 4.69) is 17.9 Å². The molecule has 1 rings (SSSR count). The molecular formula is C11H15NO3S. The van der Waals surface area contributed by atoms with E-state index in [1.807, 2.05) is 0 Å². The maximum atomic E-state index is 11.0. The van der Waals surface area contributed by atoms with E-state index in [1.165, 1.54) is 6.92 Å². The predicted molar refractivity (Wildman–Crippen MR) is 65.6 cm³/mol. The molecule has 5 heteroatoms. The molecular weight excluding hydrogens is 226 g/mol. The first-order chi connectivity index (χ1) is 7.56. The van der Waals surface area contributed by atoms with Crippen LogP contribution in [0, 0.1) is 0 Å². The molecule has 0 saturated heterocycles. The van der Waals surface area contributed by atoms with Crippen molar-refractivity contribution in [3.63, 3.8) is 0 Å². The second kappa shape index (κ2) is 5.89. The third kappa shape index (κ3) is 3.23. The molecule has 0 bridgehead atoms. The lowest BCUT2D eigenvalue weighted by Crippen LogP contribution is -2.21. The Morgan fingerprint density at radius 1 is 1.44 bits per heavy atom. The van der Waals surface area contributed by atoms with Crippen LogP contribution in [-0.4, -0.2) is 28.0 Å². The van der Waals surface area contributed by atoms with Crippen LogP contribution in [0.4, 0.5) is 5.69 Å². The van der Waals surface area contributed by atoms with E-state index in [1.54, 1.807) is 24.3 Å². The molecule has 0 spiro atoms. The number of carbonyl (C=O) groups is 1. The fourth-order valence-corrected chi connectivity index (χ4v) is 1.57. The first-order valence-corrected chi connectivity index (χ1v) is 5.53. The van der Waals surface area contributed by atoms with Gasteiger partial charge in [-0.25, -0.2) is 0 Å². The molecule has 0 aliphatic carbocycles. The fourth-order valence-electron chi connectivity index (χ4n) is 1.37. The molecule has 0 aliphatic heterocycles. The summed E-state index contributed by atoms with van der Waals surface area (Å²) in [5.74, 6) is -0.0738. The summed E-state index contributed by atoms with van der Waals surface area (Å²) in [6.45, 7) is 1.39. The smallest absolute Gasteiger partial charge is 0.221 e. The minimum Gasteiger partial charge on any atom is -0.389 e.